The number of nitrogens with two attached hydrogens (primary N) is 1. The van der Waals surface area contributed by atoms with Crippen LogP contribution in [0.2, 0.25) is 0 Å². The Labute approximate surface area is 92.9 Å². The number of hydrogen-bond donors (Lipinski definition) is 1. The van der Waals surface area contributed by atoms with E-state index in [1.807, 2.05) is 17.6 Å². The van der Waals surface area contributed by atoms with Crippen LogP contribution in [0.25, 0.3) is 10.7 Å². The van der Waals surface area contributed by atoms with Crippen LogP contribution in [-0.2, 0) is 6.54 Å². The van der Waals surface area contributed by atoms with Crippen molar-refractivity contribution >= 4 is 11.3 Å². The Kier molecular flexibility index (Phi) is 2.99. The van der Waals surface area contributed by atoms with Gasteiger partial charge in [0.1, 0.15) is 5.82 Å². The van der Waals surface area contributed by atoms with Crippen LogP contribution in [0.15, 0.2) is 42.1 Å². The highest BCUT2D eigenvalue weighted by Gasteiger charge is 2.06. The molecule has 0 spiro atoms. The molecule has 0 aliphatic carbocycles. The SMILES string of the molecule is C=C(CN)Cn1ccnc1-c1cccs1. The monoisotopic (exact) mass is 219 g/mol. The molecule has 0 radical (unpaired) electrons. The second-order valence-electron chi connectivity index (χ2n) is 3.31. The summed E-state index contributed by atoms with van der Waals surface area (Å²) in [4.78, 5) is 5.51. The average molecular weight is 219 g/mol. The molecule has 0 unspecified atom stereocenters. The van der Waals surface area contributed by atoms with Crippen molar-refractivity contribution in [2.45, 2.75) is 6.54 Å². The lowest BCUT2D eigenvalue weighted by molar-refractivity contribution is 0.778. The van der Waals surface area contributed by atoms with Crippen LogP contribution in [0.3, 0.4) is 0 Å². The minimum Gasteiger partial charge on any atom is -0.327 e. The van der Waals surface area contributed by atoms with Gasteiger partial charge in [-0.1, -0.05) is 12.6 Å². The summed E-state index contributed by atoms with van der Waals surface area (Å²) in [6, 6.07) is 4.09. The molecule has 2 aromatic heterocycles. The molecule has 78 valence electrons. The van der Waals surface area contributed by atoms with E-state index in [1.165, 1.54) is 4.88 Å². The molecule has 4 heteroatoms. The number of thiophene rings is 1. The van der Waals surface area contributed by atoms with E-state index in [2.05, 4.69) is 22.2 Å². The van der Waals surface area contributed by atoms with Crippen molar-refractivity contribution in [3.05, 3.63) is 42.1 Å². The smallest absolute Gasteiger partial charge is 0.150 e. The lowest BCUT2D eigenvalue weighted by Gasteiger charge is -2.07. The molecule has 0 bridgehead atoms. The summed E-state index contributed by atoms with van der Waals surface area (Å²) in [7, 11) is 0. The molecule has 0 amide bonds. The zero-order valence-corrected chi connectivity index (χ0v) is 9.20. The van der Waals surface area contributed by atoms with E-state index < -0.39 is 0 Å². The average Bonchev–Trinajstić information content (AvgIpc) is 2.86. The third-order valence-corrected chi connectivity index (χ3v) is 3.01. The second kappa shape index (κ2) is 4.42. The van der Waals surface area contributed by atoms with Crippen LogP contribution < -0.4 is 5.73 Å². The molecule has 2 heterocycles. The molecule has 2 aromatic rings. The minimum atomic E-state index is 0.516. The van der Waals surface area contributed by atoms with Gasteiger partial charge < -0.3 is 10.3 Å². The fraction of sp³-hybridized carbons (Fsp3) is 0.182. The maximum Gasteiger partial charge on any atom is 0.150 e. The number of imidazole rings is 1. The zero-order chi connectivity index (χ0) is 10.7. The third kappa shape index (κ3) is 2.16. The first-order chi connectivity index (χ1) is 7.31. The topological polar surface area (TPSA) is 43.8 Å². The Morgan fingerprint density at radius 2 is 2.47 bits per heavy atom. The van der Waals surface area contributed by atoms with Crippen molar-refractivity contribution < 1.29 is 0 Å². The molecular formula is C11H13N3S. The van der Waals surface area contributed by atoms with Gasteiger partial charge in [0.05, 0.1) is 4.88 Å². The first-order valence-electron chi connectivity index (χ1n) is 4.73. The van der Waals surface area contributed by atoms with Crippen LogP contribution >= 0.6 is 11.3 Å². The predicted octanol–water partition coefficient (Wildman–Crippen LogP) is 2.13. The van der Waals surface area contributed by atoms with Gasteiger partial charge in [0.2, 0.25) is 0 Å². The van der Waals surface area contributed by atoms with Gasteiger partial charge in [-0.2, -0.15) is 0 Å². The molecule has 0 aliphatic heterocycles. The normalized spacial score (nSPS) is 10.5. The summed E-state index contributed by atoms with van der Waals surface area (Å²) in [6.45, 7) is 5.16. The van der Waals surface area contributed by atoms with Gasteiger partial charge in [-0.05, 0) is 17.0 Å². The summed E-state index contributed by atoms with van der Waals surface area (Å²) < 4.78 is 2.07. The van der Waals surface area contributed by atoms with Gasteiger partial charge in [-0.25, -0.2) is 4.98 Å². The number of aromatic nitrogens is 2. The number of nitrogens with zero attached hydrogens (tertiary/aromatic N) is 2. The Morgan fingerprint density at radius 3 is 3.13 bits per heavy atom. The molecule has 0 saturated heterocycles. The summed E-state index contributed by atoms with van der Waals surface area (Å²) in [6.07, 6.45) is 3.76. The van der Waals surface area contributed by atoms with E-state index in [0.717, 1.165) is 17.9 Å². The van der Waals surface area contributed by atoms with E-state index in [0.29, 0.717) is 6.54 Å². The quantitative estimate of drug-likeness (QED) is 0.800. The van der Waals surface area contributed by atoms with E-state index in [9.17, 15) is 0 Å². The maximum absolute atomic E-state index is 5.53. The molecule has 0 saturated carbocycles. The summed E-state index contributed by atoms with van der Waals surface area (Å²) >= 11 is 1.69. The van der Waals surface area contributed by atoms with Crippen molar-refractivity contribution in [3.8, 4) is 10.7 Å². The van der Waals surface area contributed by atoms with Gasteiger partial charge in [0.15, 0.2) is 0 Å². The highest BCUT2D eigenvalue weighted by molar-refractivity contribution is 7.13. The fourth-order valence-corrected chi connectivity index (χ4v) is 2.11. The highest BCUT2D eigenvalue weighted by Crippen LogP contribution is 2.23. The lowest BCUT2D eigenvalue weighted by Crippen LogP contribution is -2.09. The molecule has 0 aromatic carbocycles. The molecule has 15 heavy (non-hydrogen) atoms. The van der Waals surface area contributed by atoms with Crippen molar-refractivity contribution in [2.24, 2.45) is 5.73 Å². The highest BCUT2D eigenvalue weighted by atomic mass is 32.1. The van der Waals surface area contributed by atoms with Crippen molar-refractivity contribution in [2.75, 3.05) is 6.54 Å². The molecular weight excluding hydrogens is 206 g/mol. The van der Waals surface area contributed by atoms with Crippen molar-refractivity contribution in [1.82, 2.24) is 9.55 Å². The van der Waals surface area contributed by atoms with Crippen LogP contribution in [-0.4, -0.2) is 16.1 Å². The first kappa shape index (κ1) is 10.1. The summed E-state index contributed by atoms with van der Waals surface area (Å²) in [5, 5.41) is 2.05. The van der Waals surface area contributed by atoms with Crippen LogP contribution in [0, 0.1) is 0 Å². The van der Waals surface area contributed by atoms with Gasteiger partial charge in [0, 0.05) is 25.5 Å². The van der Waals surface area contributed by atoms with Gasteiger partial charge in [-0.3, -0.25) is 0 Å². The van der Waals surface area contributed by atoms with Crippen LogP contribution in [0.4, 0.5) is 0 Å². The standard InChI is InChI=1S/C11H13N3S/c1-9(7-12)8-14-5-4-13-11(14)10-3-2-6-15-10/h2-6H,1,7-8,12H2. The zero-order valence-electron chi connectivity index (χ0n) is 8.39. The largest absolute Gasteiger partial charge is 0.327 e. The molecule has 2 rings (SSSR count). The molecule has 0 atom stereocenters. The number of rotatable bonds is 4. The van der Waals surface area contributed by atoms with Crippen LogP contribution in [0.5, 0.6) is 0 Å². The van der Waals surface area contributed by atoms with Gasteiger partial charge in [-0.15, -0.1) is 11.3 Å². The van der Waals surface area contributed by atoms with E-state index in [-0.39, 0.29) is 0 Å². The molecule has 0 fully saturated rings. The Bertz CT molecular complexity index is 442. The Hall–Kier alpha value is -1.39. The van der Waals surface area contributed by atoms with E-state index >= 15 is 0 Å². The molecule has 3 nitrogen and oxygen atoms in total. The Morgan fingerprint density at radius 1 is 1.60 bits per heavy atom. The van der Waals surface area contributed by atoms with Gasteiger partial charge in [0.25, 0.3) is 0 Å². The summed E-state index contributed by atoms with van der Waals surface area (Å²) in [5.41, 5.74) is 6.53. The van der Waals surface area contributed by atoms with Crippen LogP contribution in [0.1, 0.15) is 0 Å². The minimum absolute atomic E-state index is 0.516. The number of hydrogen-bond acceptors (Lipinski definition) is 3. The fourth-order valence-electron chi connectivity index (χ4n) is 1.37. The lowest BCUT2D eigenvalue weighted by atomic mass is 10.3. The van der Waals surface area contributed by atoms with Crippen molar-refractivity contribution in [1.29, 1.82) is 0 Å². The predicted molar refractivity (Wildman–Crippen MR) is 63.7 cm³/mol. The van der Waals surface area contributed by atoms with E-state index in [4.69, 9.17) is 5.73 Å². The van der Waals surface area contributed by atoms with Gasteiger partial charge >= 0.3 is 0 Å². The molecule has 2 N–H and O–H groups in total. The Balaban J connectivity index is 2.27. The summed E-state index contributed by atoms with van der Waals surface area (Å²) in [5.74, 6) is 0.986. The first-order valence-corrected chi connectivity index (χ1v) is 5.61. The van der Waals surface area contributed by atoms with E-state index in [1.54, 1.807) is 17.5 Å². The maximum atomic E-state index is 5.53. The molecule has 0 aliphatic rings. The second-order valence-corrected chi connectivity index (χ2v) is 4.26. The third-order valence-electron chi connectivity index (χ3n) is 2.14. The van der Waals surface area contributed by atoms with Crippen molar-refractivity contribution in [3.63, 3.8) is 0 Å².